The molecule has 0 fully saturated rings. The maximum atomic E-state index is 12.4. The summed E-state index contributed by atoms with van der Waals surface area (Å²) < 4.78 is 0. The van der Waals surface area contributed by atoms with Gasteiger partial charge in [0.15, 0.2) is 5.65 Å². The Bertz CT molecular complexity index is 1780. The molecule has 0 aliphatic rings. The Morgan fingerprint density at radius 1 is 0.921 bits per heavy atom. The van der Waals surface area contributed by atoms with Gasteiger partial charge in [-0.15, -0.1) is 0 Å². The van der Waals surface area contributed by atoms with Gasteiger partial charge in [0.2, 0.25) is 5.91 Å². The second kappa shape index (κ2) is 9.19. The summed E-state index contributed by atoms with van der Waals surface area (Å²) in [4.78, 5) is 33.8. The number of fused-ring (bicyclic) bond motifs is 2. The van der Waals surface area contributed by atoms with Crippen molar-refractivity contribution in [2.45, 2.75) is 27.2 Å². The molecule has 0 aliphatic carbocycles. The number of nitrogens with one attached hydrogen (secondary N) is 3. The molecule has 3 N–H and O–H groups in total. The lowest BCUT2D eigenvalue weighted by molar-refractivity contribution is -0.117. The van der Waals surface area contributed by atoms with Gasteiger partial charge in [-0.25, -0.2) is 9.97 Å². The third-order valence-corrected chi connectivity index (χ3v) is 6.20. The van der Waals surface area contributed by atoms with Crippen LogP contribution in [0.4, 0.5) is 5.69 Å². The fourth-order valence-electron chi connectivity index (χ4n) is 4.52. The van der Waals surface area contributed by atoms with Gasteiger partial charge in [0.25, 0.3) is 0 Å². The molecular weight excluding hydrogens is 476 g/mol. The molecule has 6 aromatic heterocycles. The second-order valence-electron chi connectivity index (χ2n) is 10.5. The molecule has 9 heteroatoms. The highest BCUT2D eigenvalue weighted by Crippen LogP contribution is 2.33. The van der Waals surface area contributed by atoms with E-state index in [-0.39, 0.29) is 11.3 Å². The van der Waals surface area contributed by atoms with Crippen molar-refractivity contribution in [1.29, 1.82) is 0 Å². The first-order chi connectivity index (χ1) is 18.3. The van der Waals surface area contributed by atoms with Crippen LogP contribution in [0.2, 0.25) is 0 Å². The number of carbonyl (C=O) groups excluding carboxylic acids is 1. The Kier molecular flexibility index (Phi) is 5.68. The number of nitrogens with zero attached hydrogens (tertiary/aromatic N) is 5. The Morgan fingerprint density at radius 3 is 2.61 bits per heavy atom. The van der Waals surface area contributed by atoms with E-state index in [0.29, 0.717) is 17.8 Å². The minimum atomic E-state index is -0.0989. The Balaban J connectivity index is 1.36. The summed E-state index contributed by atoms with van der Waals surface area (Å²) in [5.74, 6) is -0.0420. The van der Waals surface area contributed by atoms with Crippen LogP contribution in [0.5, 0.6) is 0 Å². The van der Waals surface area contributed by atoms with Crippen LogP contribution in [0, 0.1) is 5.41 Å². The molecule has 0 spiro atoms. The molecule has 0 bridgehead atoms. The smallest absolute Gasteiger partial charge is 0.224 e. The van der Waals surface area contributed by atoms with Crippen molar-refractivity contribution in [3.8, 4) is 33.8 Å². The van der Waals surface area contributed by atoms with Crippen LogP contribution >= 0.6 is 0 Å². The van der Waals surface area contributed by atoms with Crippen LogP contribution in [0.1, 0.15) is 27.2 Å². The minimum absolute atomic E-state index is 0.0420. The molecule has 6 rings (SSSR count). The first-order valence-electron chi connectivity index (χ1n) is 12.3. The second-order valence-corrected chi connectivity index (χ2v) is 10.5. The Morgan fingerprint density at radius 2 is 1.79 bits per heavy atom. The van der Waals surface area contributed by atoms with Crippen molar-refractivity contribution in [2.24, 2.45) is 5.41 Å². The summed E-state index contributed by atoms with van der Waals surface area (Å²) in [6.45, 7) is 6.10. The normalized spacial score (nSPS) is 11.8. The lowest BCUT2D eigenvalue weighted by Crippen LogP contribution is -2.19. The van der Waals surface area contributed by atoms with E-state index in [0.717, 1.165) is 50.2 Å². The van der Waals surface area contributed by atoms with Crippen LogP contribution in [0.3, 0.4) is 0 Å². The largest absolute Gasteiger partial charge is 0.338 e. The number of rotatable bonds is 5. The zero-order valence-corrected chi connectivity index (χ0v) is 21.3. The van der Waals surface area contributed by atoms with E-state index in [1.165, 1.54) is 0 Å². The van der Waals surface area contributed by atoms with Crippen molar-refractivity contribution in [2.75, 3.05) is 5.32 Å². The molecule has 1 amide bonds. The van der Waals surface area contributed by atoms with Crippen LogP contribution in [0.15, 0.2) is 73.4 Å². The lowest BCUT2D eigenvalue weighted by Gasteiger charge is -2.17. The van der Waals surface area contributed by atoms with E-state index < -0.39 is 0 Å². The van der Waals surface area contributed by atoms with Gasteiger partial charge in [0.05, 0.1) is 29.0 Å². The quantitative estimate of drug-likeness (QED) is 0.265. The van der Waals surface area contributed by atoms with Crippen LogP contribution in [-0.2, 0) is 4.79 Å². The predicted octanol–water partition coefficient (Wildman–Crippen LogP) is 6.00. The summed E-state index contributed by atoms with van der Waals surface area (Å²) >= 11 is 0. The van der Waals surface area contributed by atoms with Gasteiger partial charge in [-0.3, -0.25) is 19.9 Å². The molecule has 9 nitrogen and oxygen atoms in total. The maximum Gasteiger partial charge on any atom is 0.224 e. The fraction of sp³-hybridized carbons (Fsp3) is 0.172. The Hall–Kier alpha value is -4.92. The highest BCUT2D eigenvalue weighted by molar-refractivity contribution is 5.99. The third kappa shape index (κ3) is 4.61. The molecular formula is C29H26N8O. The SMILES string of the molecule is CC(C)(C)CC(=O)Nc1cncc(-c2cnc3n[nH]c(-c4cc5c(-c6ccccn6)ccnc5[nH]4)c3c2)c1. The van der Waals surface area contributed by atoms with Gasteiger partial charge >= 0.3 is 0 Å². The number of carbonyl (C=O) groups is 1. The average molecular weight is 503 g/mol. The number of hydrogen-bond acceptors (Lipinski definition) is 6. The first kappa shape index (κ1) is 23.5. The maximum absolute atomic E-state index is 12.4. The molecule has 0 unspecified atom stereocenters. The highest BCUT2D eigenvalue weighted by atomic mass is 16.1. The van der Waals surface area contributed by atoms with E-state index in [1.807, 2.05) is 57.2 Å². The fourth-order valence-corrected chi connectivity index (χ4v) is 4.52. The molecule has 6 heterocycles. The zero-order chi connectivity index (χ0) is 26.3. The average Bonchev–Trinajstić information content (AvgIpc) is 3.51. The van der Waals surface area contributed by atoms with Gasteiger partial charge < -0.3 is 10.3 Å². The van der Waals surface area contributed by atoms with Crippen molar-refractivity contribution in [3.63, 3.8) is 0 Å². The van der Waals surface area contributed by atoms with Gasteiger partial charge in [-0.1, -0.05) is 26.8 Å². The number of hydrogen-bond donors (Lipinski definition) is 3. The van der Waals surface area contributed by atoms with E-state index in [1.54, 1.807) is 31.0 Å². The summed E-state index contributed by atoms with van der Waals surface area (Å²) in [6.07, 6.45) is 9.15. The molecule has 0 saturated carbocycles. The van der Waals surface area contributed by atoms with E-state index in [2.05, 4.69) is 46.5 Å². The van der Waals surface area contributed by atoms with E-state index >= 15 is 0 Å². The molecule has 0 aromatic carbocycles. The third-order valence-electron chi connectivity index (χ3n) is 6.20. The van der Waals surface area contributed by atoms with Gasteiger partial charge in [-0.2, -0.15) is 5.10 Å². The van der Waals surface area contributed by atoms with Crippen LogP contribution in [0.25, 0.3) is 55.8 Å². The summed E-state index contributed by atoms with van der Waals surface area (Å²) in [6, 6.07) is 13.8. The lowest BCUT2D eigenvalue weighted by atomic mass is 9.92. The van der Waals surface area contributed by atoms with Gasteiger partial charge in [0, 0.05) is 58.7 Å². The molecule has 6 aromatic rings. The van der Waals surface area contributed by atoms with Crippen LogP contribution < -0.4 is 5.32 Å². The van der Waals surface area contributed by atoms with Crippen molar-refractivity contribution in [1.82, 2.24) is 35.1 Å². The number of aromatic nitrogens is 7. The van der Waals surface area contributed by atoms with Crippen LogP contribution in [-0.4, -0.2) is 41.0 Å². The molecule has 38 heavy (non-hydrogen) atoms. The summed E-state index contributed by atoms with van der Waals surface area (Å²) in [5, 5.41) is 12.3. The number of anilines is 1. The summed E-state index contributed by atoms with van der Waals surface area (Å²) in [5.41, 5.74) is 7.15. The molecule has 0 aliphatic heterocycles. The first-order valence-corrected chi connectivity index (χ1v) is 12.3. The number of aromatic amines is 2. The standard InChI is InChI=1S/C29H26N8O/c1-29(2,3)13-25(38)34-19-10-17(14-30-16-19)18-11-22-26(36-37-28(22)33-15-18)24-12-21-20(7-9-32-27(21)35-24)23-6-4-5-8-31-23/h4-12,14-16H,13H2,1-3H3,(H,32,35)(H,34,38)(H,33,36,37). The monoisotopic (exact) mass is 502 g/mol. The topological polar surface area (TPSA) is 125 Å². The van der Waals surface area contributed by atoms with Crippen molar-refractivity contribution >= 4 is 33.7 Å². The molecule has 0 radical (unpaired) electrons. The van der Waals surface area contributed by atoms with E-state index in [4.69, 9.17) is 0 Å². The Labute approximate surface area is 218 Å². The minimum Gasteiger partial charge on any atom is -0.338 e. The zero-order valence-electron chi connectivity index (χ0n) is 21.3. The molecule has 0 atom stereocenters. The van der Waals surface area contributed by atoms with Gasteiger partial charge in [0.1, 0.15) is 5.65 Å². The molecule has 188 valence electrons. The molecule has 0 saturated heterocycles. The summed E-state index contributed by atoms with van der Waals surface area (Å²) in [7, 11) is 0. The predicted molar refractivity (Wildman–Crippen MR) is 148 cm³/mol. The highest BCUT2D eigenvalue weighted by Gasteiger charge is 2.17. The number of H-pyrrole nitrogens is 2. The van der Waals surface area contributed by atoms with Crippen molar-refractivity contribution < 1.29 is 4.79 Å². The number of amides is 1. The van der Waals surface area contributed by atoms with Gasteiger partial charge in [-0.05, 0) is 41.8 Å². The van der Waals surface area contributed by atoms with E-state index in [9.17, 15) is 4.79 Å². The van der Waals surface area contributed by atoms with Crippen molar-refractivity contribution in [3.05, 3.63) is 73.4 Å². The number of pyridine rings is 4.